The topological polar surface area (TPSA) is 63.6 Å². The summed E-state index contributed by atoms with van der Waals surface area (Å²) < 4.78 is 4.69. The SMILES string of the molecule is CCOC(=O)CC#Cc1cc(Cl)cc(C=O)c1O. The summed E-state index contributed by atoms with van der Waals surface area (Å²) in [5.41, 5.74) is 0.261. The highest BCUT2D eigenvalue weighted by atomic mass is 35.5. The first-order valence-electron chi connectivity index (χ1n) is 5.20. The third-order valence-electron chi connectivity index (χ3n) is 1.99. The van der Waals surface area contributed by atoms with Crippen LogP contribution in [0.2, 0.25) is 5.02 Å². The highest BCUT2D eigenvalue weighted by Gasteiger charge is 2.07. The number of benzene rings is 1. The van der Waals surface area contributed by atoms with Gasteiger partial charge < -0.3 is 9.84 Å². The van der Waals surface area contributed by atoms with Gasteiger partial charge in [0.25, 0.3) is 0 Å². The van der Waals surface area contributed by atoms with Crippen LogP contribution in [0.3, 0.4) is 0 Å². The predicted octanol–water partition coefficient (Wildman–Crippen LogP) is 2.16. The molecule has 5 heteroatoms. The molecule has 0 atom stereocenters. The van der Waals surface area contributed by atoms with Crippen molar-refractivity contribution in [1.29, 1.82) is 0 Å². The molecule has 1 aromatic carbocycles. The Balaban J connectivity index is 2.91. The van der Waals surface area contributed by atoms with Gasteiger partial charge in [-0.15, -0.1) is 0 Å². The molecule has 0 aliphatic carbocycles. The molecular formula is C13H11ClO4. The highest BCUT2D eigenvalue weighted by molar-refractivity contribution is 6.31. The van der Waals surface area contributed by atoms with E-state index >= 15 is 0 Å². The second-order valence-corrected chi connectivity index (χ2v) is 3.73. The van der Waals surface area contributed by atoms with Crippen LogP contribution in [0.1, 0.15) is 29.3 Å². The van der Waals surface area contributed by atoms with Gasteiger partial charge in [-0.25, -0.2) is 0 Å². The van der Waals surface area contributed by atoms with E-state index in [9.17, 15) is 14.7 Å². The first-order valence-corrected chi connectivity index (χ1v) is 5.58. The number of phenolic OH excluding ortho intramolecular Hbond substituents is 1. The Bertz CT molecular complexity index is 526. The molecule has 0 radical (unpaired) electrons. The van der Waals surface area contributed by atoms with Crippen LogP contribution in [-0.2, 0) is 9.53 Å². The quantitative estimate of drug-likeness (QED) is 0.517. The van der Waals surface area contributed by atoms with E-state index in [2.05, 4.69) is 11.8 Å². The number of aldehydes is 1. The van der Waals surface area contributed by atoms with Gasteiger partial charge in [0.1, 0.15) is 12.2 Å². The lowest BCUT2D eigenvalue weighted by molar-refractivity contribution is -0.141. The number of carbonyl (C=O) groups excluding carboxylic acids is 2. The maximum atomic E-state index is 11.0. The molecule has 94 valence electrons. The highest BCUT2D eigenvalue weighted by Crippen LogP contribution is 2.25. The van der Waals surface area contributed by atoms with E-state index in [4.69, 9.17) is 16.3 Å². The van der Waals surface area contributed by atoms with Gasteiger partial charge in [-0.05, 0) is 19.1 Å². The number of rotatable bonds is 3. The van der Waals surface area contributed by atoms with Crippen molar-refractivity contribution < 1.29 is 19.4 Å². The van der Waals surface area contributed by atoms with E-state index in [-0.39, 0.29) is 34.9 Å². The second-order valence-electron chi connectivity index (χ2n) is 3.29. The van der Waals surface area contributed by atoms with Crippen LogP contribution < -0.4 is 0 Å². The first-order chi connectivity index (χ1) is 8.58. The van der Waals surface area contributed by atoms with Crippen LogP contribution in [0.4, 0.5) is 0 Å². The molecule has 0 aromatic heterocycles. The molecule has 0 fully saturated rings. The summed E-state index contributed by atoms with van der Waals surface area (Å²) in [5, 5.41) is 9.96. The molecular weight excluding hydrogens is 256 g/mol. The Hall–Kier alpha value is -1.99. The molecule has 0 spiro atoms. The molecule has 0 aliphatic heterocycles. The minimum Gasteiger partial charge on any atom is -0.506 e. The van der Waals surface area contributed by atoms with E-state index in [0.717, 1.165) is 0 Å². The lowest BCUT2D eigenvalue weighted by atomic mass is 10.1. The number of aromatic hydroxyl groups is 1. The summed E-state index contributed by atoms with van der Waals surface area (Å²) in [6, 6.07) is 2.75. The van der Waals surface area contributed by atoms with Crippen molar-refractivity contribution >= 4 is 23.9 Å². The lowest BCUT2D eigenvalue weighted by Gasteiger charge is -2.01. The minimum absolute atomic E-state index is 0.0583. The smallest absolute Gasteiger partial charge is 0.317 e. The van der Waals surface area contributed by atoms with Crippen molar-refractivity contribution in [3.05, 3.63) is 28.3 Å². The monoisotopic (exact) mass is 266 g/mol. The number of halogens is 1. The Morgan fingerprint density at radius 1 is 1.56 bits per heavy atom. The van der Waals surface area contributed by atoms with E-state index < -0.39 is 5.97 Å². The largest absolute Gasteiger partial charge is 0.506 e. The van der Waals surface area contributed by atoms with Crippen molar-refractivity contribution in [3.63, 3.8) is 0 Å². The summed E-state index contributed by atoms with van der Waals surface area (Å²) in [7, 11) is 0. The zero-order chi connectivity index (χ0) is 13.5. The van der Waals surface area contributed by atoms with Crippen molar-refractivity contribution in [2.24, 2.45) is 0 Å². The number of esters is 1. The third kappa shape index (κ3) is 3.79. The lowest BCUT2D eigenvalue weighted by Crippen LogP contribution is -2.01. The molecule has 0 bridgehead atoms. The zero-order valence-electron chi connectivity index (χ0n) is 9.70. The number of hydrogen-bond acceptors (Lipinski definition) is 4. The Morgan fingerprint density at radius 3 is 2.89 bits per heavy atom. The molecule has 0 saturated heterocycles. The Labute approximate surface area is 110 Å². The average molecular weight is 267 g/mol. The third-order valence-corrected chi connectivity index (χ3v) is 2.21. The van der Waals surface area contributed by atoms with Gasteiger partial charge in [0, 0.05) is 5.02 Å². The van der Waals surface area contributed by atoms with Crippen LogP contribution in [0.15, 0.2) is 12.1 Å². The van der Waals surface area contributed by atoms with Crippen LogP contribution >= 0.6 is 11.6 Å². The molecule has 18 heavy (non-hydrogen) atoms. The first kappa shape index (κ1) is 14.1. The van der Waals surface area contributed by atoms with E-state index in [1.165, 1.54) is 12.1 Å². The van der Waals surface area contributed by atoms with Gasteiger partial charge in [0.15, 0.2) is 6.29 Å². The molecule has 0 amide bonds. The maximum Gasteiger partial charge on any atom is 0.317 e. The summed E-state index contributed by atoms with van der Waals surface area (Å²) in [6.45, 7) is 1.99. The summed E-state index contributed by atoms with van der Waals surface area (Å²) in [6.07, 6.45) is 0.397. The van der Waals surface area contributed by atoms with E-state index in [1.54, 1.807) is 6.92 Å². The van der Waals surface area contributed by atoms with Gasteiger partial charge in [-0.3, -0.25) is 9.59 Å². The predicted molar refractivity (Wildman–Crippen MR) is 66.6 cm³/mol. The molecule has 1 rings (SSSR count). The van der Waals surface area contributed by atoms with E-state index in [0.29, 0.717) is 6.29 Å². The Morgan fingerprint density at radius 2 is 2.28 bits per heavy atom. The standard InChI is InChI=1S/C13H11ClO4/c1-2-18-12(16)5-3-4-9-6-11(14)7-10(8-15)13(9)17/h6-8,17H,2,5H2,1H3. The fourth-order valence-electron chi connectivity index (χ4n) is 1.23. The van der Waals surface area contributed by atoms with Crippen molar-refractivity contribution in [2.75, 3.05) is 6.61 Å². The van der Waals surface area contributed by atoms with Crippen LogP contribution in [0.25, 0.3) is 0 Å². The zero-order valence-corrected chi connectivity index (χ0v) is 10.5. The summed E-state index contributed by atoms with van der Waals surface area (Å²) in [4.78, 5) is 21.7. The fourth-order valence-corrected chi connectivity index (χ4v) is 1.46. The molecule has 1 aromatic rings. The van der Waals surface area contributed by atoms with E-state index in [1.807, 2.05) is 0 Å². The number of carbonyl (C=O) groups is 2. The molecule has 1 N–H and O–H groups in total. The van der Waals surface area contributed by atoms with Crippen LogP contribution in [0, 0.1) is 11.8 Å². The number of phenols is 1. The van der Waals surface area contributed by atoms with Gasteiger partial charge in [0.05, 0.1) is 17.7 Å². The molecule has 0 heterocycles. The van der Waals surface area contributed by atoms with Crippen molar-refractivity contribution in [1.82, 2.24) is 0 Å². The van der Waals surface area contributed by atoms with Gasteiger partial charge in [-0.1, -0.05) is 23.4 Å². The number of hydrogen-bond donors (Lipinski definition) is 1. The molecule has 0 saturated carbocycles. The molecule has 0 aliphatic rings. The molecule has 0 unspecified atom stereocenters. The second kappa shape index (κ2) is 6.67. The summed E-state index contributed by atoms with van der Waals surface area (Å²) in [5.74, 6) is 4.43. The van der Waals surface area contributed by atoms with Crippen LogP contribution in [-0.4, -0.2) is 24.0 Å². The van der Waals surface area contributed by atoms with Crippen LogP contribution in [0.5, 0.6) is 5.75 Å². The number of ether oxygens (including phenoxy) is 1. The fraction of sp³-hybridized carbons (Fsp3) is 0.231. The minimum atomic E-state index is -0.442. The van der Waals surface area contributed by atoms with Gasteiger partial charge >= 0.3 is 5.97 Å². The molecule has 4 nitrogen and oxygen atoms in total. The average Bonchev–Trinajstić information content (AvgIpc) is 2.33. The normalized spacial score (nSPS) is 9.22. The van der Waals surface area contributed by atoms with Crippen molar-refractivity contribution in [2.45, 2.75) is 13.3 Å². The maximum absolute atomic E-state index is 11.0. The van der Waals surface area contributed by atoms with Gasteiger partial charge in [-0.2, -0.15) is 0 Å². The van der Waals surface area contributed by atoms with Gasteiger partial charge in [0.2, 0.25) is 0 Å². The summed E-state index contributed by atoms with van der Waals surface area (Å²) >= 11 is 5.76. The Kier molecular flexibility index (Phi) is 5.22. The van der Waals surface area contributed by atoms with Crippen molar-refractivity contribution in [3.8, 4) is 17.6 Å².